The fourth-order valence-electron chi connectivity index (χ4n) is 3.71. The first-order chi connectivity index (χ1) is 16.5. The van der Waals surface area contributed by atoms with Crippen molar-refractivity contribution in [1.82, 2.24) is 19.3 Å². The summed E-state index contributed by atoms with van der Waals surface area (Å²) < 4.78 is 28.6. The molecule has 2 aromatic carbocycles. The third kappa shape index (κ3) is 6.02. The number of hydrogen-bond donors (Lipinski definition) is 1. The van der Waals surface area contributed by atoms with E-state index in [1.165, 1.54) is 36.6 Å². The molecule has 0 bridgehead atoms. The number of sulfonamides is 1. The Hall–Kier alpha value is -3.34. The van der Waals surface area contributed by atoms with Crippen molar-refractivity contribution in [2.24, 2.45) is 12.0 Å². The number of halogens is 1. The van der Waals surface area contributed by atoms with E-state index < -0.39 is 21.9 Å². The Bertz CT molecular complexity index is 1430. The molecule has 1 N–H and O–H groups in total. The number of hydrogen-bond acceptors (Lipinski definition) is 6. The van der Waals surface area contributed by atoms with Crippen LogP contribution < -0.4 is 0 Å². The summed E-state index contributed by atoms with van der Waals surface area (Å²) in [6, 6.07) is 10.7. The number of aliphatic imine (C=N–C) groups is 1. The van der Waals surface area contributed by atoms with Crippen molar-refractivity contribution < 1.29 is 18.3 Å². The van der Waals surface area contributed by atoms with Crippen LogP contribution in [-0.2, 0) is 28.4 Å². The van der Waals surface area contributed by atoms with Crippen molar-refractivity contribution in [2.45, 2.75) is 25.8 Å². The third-order valence-corrected chi connectivity index (χ3v) is 7.89. The molecular formula is C24H26ClN5O4S. The van der Waals surface area contributed by atoms with Crippen LogP contribution in [0, 0.1) is 0 Å². The highest BCUT2D eigenvalue weighted by molar-refractivity contribution is 7.92. The Morgan fingerprint density at radius 3 is 2.66 bits per heavy atom. The van der Waals surface area contributed by atoms with Crippen molar-refractivity contribution in [3.05, 3.63) is 81.4 Å². The zero-order chi connectivity index (χ0) is 25.8. The molecule has 1 atom stereocenters. The van der Waals surface area contributed by atoms with Gasteiger partial charge >= 0.3 is 5.97 Å². The van der Waals surface area contributed by atoms with Crippen molar-refractivity contribution in [3.63, 3.8) is 0 Å². The Balaban J connectivity index is 1.97. The van der Waals surface area contributed by atoms with Gasteiger partial charge in [0.15, 0.2) is 0 Å². The molecule has 9 nitrogen and oxygen atoms in total. The normalized spacial score (nSPS) is 13.6. The third-order valence-electron chi connectivity index (χ3n) is 5.62. The van der Waals surface area contributed by atoms with E-state index >= 15 is 0 Å². The van der Waals surface area contributed by atoms with Crippen LogP contribution in [0.5, 0.6) is 0 Å². The largest absolute Gasteiger partial charge is 0.481 e. The van der Waals surface area contributed by atoms with Gasteiger partial charge in [-0.3, -0.25) is 9.79 Å². The standard InChI is InChI=1S/C24H26ClN5O4S/c1-16(6-5-11-26-2)35(33,34)29(3)15-19-12-17(7-9-21(19)25)20(14-24(31)32)18-8-10-23-22(13-18)27-28-30(23)4/h5-13,20H,2,14-15H2,1,3-4H3,(H,31,32)/b11-5-,16-6+. The molecule has 11 heteroatoms. The van der Waals surface area contributed by atoms with Crippen LogP contribution >= 0.6 is 11.6 Å². The summed E-state index contributed by atoms with van der Waals surface area (Å²) in [6.45, 7) is 4.81. The zero-order valence-corrected chi connectivity index (χ0v) is 21.2. The van der Waals surface area contributed by atoms with Crippen LogP contribution in [0.1, 0.15) is 36.0 Å². The molecule has 0 amide bonds. The molecule has 0 spiro atoms. The van der Waals surface area contributed by atoms with Gasteiger partial charge in [0.2, 0.25) is 10.0 Å². The molecule has 0 saturated carbocycles. The molecule has 1 aromatic heterocycles. The number of aliphatic carboxylic acids is 1. The number of carbonyl (C=O) groups is 1. The number of carboxylic acids is 1. The molecule has 184 valence electrons. The van der Waals surface area contributed by atoms with Gasteiger partial charge in [-0.1, -0.05) is 35.0 Å². The Morgan fingerprint density at radius 2 is 1.97 bits per heavy atom. The van der Waals surface area contributed by atoms with Crippen LogP contribution in [-0.4, -0.2) is 52.6 Å². The number of benzene rings is 2. The number of nitrogens with zero attached hydrogens (tertiary/aromatic N) is 5. The number of aromatic nitrogens is 3. The van der Waals surface area contributed by atoms with E-state index in [0.29, 0.717) is 21.7 Å². The monoisotopic (exact) mass is 515 g/mol. The number of rotatable bonds is 10. The molecule has 3 aromatic rings. The summed E-state index contributed by atoms with van der Waals surface area (Å²) >= 11 is 6.41. The SMILES string of the molecule is C=N/C=C\C=C(/C)S(=O)(=O)N(C)Cc1cc(C(CC(=O)O)c2ccc3c(c2)nnn3C)ccc1Cl. The minimum Gasteiger partial charge on any atom is -0.481 e. The molecule has 0 aliphatic carbocycles. The second-order valence-corrected chi connectivity index (χ2v) is 10.6. The van der Waals surface area contributed by atoms with Crippen LogP contribution in [0.2, 0.25) is 5.02 Å². The fraction of sp³-hybridized carbons (Fsp3) is 0.250. The van der Waals surface area contributed by atoms with E-state index in [9.17, 15) is 18.3 Å². The summed E-state index contributed by atoms with van der Waals surface area (Å²) in [4.78, 5) is 15.4. The van der Waals surface area contributed by atoms with E-state index in [2.05, 4.69) is 22.0 Å². The Kier molecular flexibility index (Phi) is 8.21. The van der Waals surface area contributed by atoms with Crippen molar-refractivity contribution in [3.8, 4) is 0 Å². The molecule has 3 rings (SSSR count). The minimum absolute atomic E-state index is 0.00654. The lowest BCUT2D eigenvalue weighted by atomic mass is 9.87. The van der Waals surface area contributed by atoms with E-state index in [1.807, 2.05) is 18.2 Å². The lowest BCUT2D eigenvalue weighted by Gasteiger charge is -2.21. The molecule has 0 saturated heterocycles. The number of carboxylic acid groups (broad SMARTS) is 1. The summed E-state index contributed by atoms with van der Waals surface area (Å²) in [7, 11) is -0.509. The van der Waals surface area contributed by atoms with Gasteiger partial charge in [0, 0.05) is 37.8 Å². The van der Waals surface area contributed by atoms with Gasteiger partial charge in [-0.15, -0.1) is 5.10 Å². The predicted molar refractivity (Wildman–Crippen MR) is 137 cm³/mol. The first kappa shape index (κ1) is 26.3. The minimum atomic E-state index is -3.75. The summed E-state index contributed by atoms with van der Waals surface area (Å²) in [5, 5.41) is 18.1. The Morgan fingerprint density at radius 1 is 1.29 bits per heavy atom. The predicted octanol–water partition coefficient (Wildman–Crippen LogP) is 4.11. The number of allylic oxidation sites excluding steroid dienone is 3. The number of aryl methyl sites for hydroxylation is 1. The van der Waals surface area contributed by atoms with Gasteiger partial charge in [0.25, 0.3) is 0 Å². The van der Waals surface area contributed by atoms with Crippen LogP contribution in [0.15, 0.2) is 64.6 Å². The maximum Gasteiger partial charge on any atom is 0.304 e. The molecule has 1 heterocycles. The van der Waals surface area contributed by atoms with Gasteiger partial charge in [-0.05, 0) is 60.7 Å². The van der Waals surface area contributed by atoms with Gasteiger partial charge in [-0.25, -0.2) is 13.1 Å². The second-order valence-electron chi connectivity index (χ2n) is 8.02. The Labute approximate surface area is 209 Å². The van der Waals surface area contributed by atoms with Crippen LogP contribution in [0.25, 0.3) is 11.0 Å². The van der Waals surface area contributed by atoms with Crippen LogP contribution in [0.3, 0.4) is 0 Å². The first-order valence-corrected chi connectivity index (χ1v) is 12.4. The van der Waals surface area contributed by atoms with Crippen molar-refractivity contribution in [1.29, 1.82) is 0 Å². The lowest BCUT2D eigenvalue weighted by Crippen LogP contribution is -2.27. The van der Waals surface area contributed by atoms with Crippen molar-refractivity contribution >= 4 is 45.3 Å². The fourth-order valence-corrected chi connectivity index (χ4v) is 4.93. The average molecular weight is 516 g/mol. The zero-order valence-electron chi connectivity index (χ0n) is 19.6. The quantitative estimate of drug-likeness (QED) is 0.320. The molecule has 1 unspecified atom stereocenters. The summed E-state index contributed by atoms with van der Waals surface area (Å²) in [6.07, 6.45) is 4.16. The maximum absolute atomic E-state index is 12.9. The highest BCUT2D eigenvalue weighted by Gasteiger charge is 2.23. The average Bonchev–Trinajstić information content (AvgIpc) is 3.18. The number of fused-ring (bicyclic) bond motifs is 1. The van der Waals surface area contributed by atoms with E-state index in [1.54, 1.807) is 29.9 Å². The van der Waals surface area contributed by atoms with Gasteiger partial charge in [0.1, 0.15) is 5.52 Å². The van der Waals surface area contributed by atoms with Crippen molar-refractivity contribution in [2.75, 3.05) is 7.05 Å². The summed E-state index contributed by atoms with van der Waals surface area (Å²) in [5.74, 6) is -1.46. The van der Waals surface area contributed by atoms with E-state index in [4.69, 9.17) is 11.6 Å². The van der Waals surface area contributed by atoms with Gasteiger partial charge in [0.05, 0.1) is 16.8 Å². The molecule has 35 heavy (non-hydrogen) atoms. The molecular weight excluding hydrogens is 490 g/mol. The molecule has 0 aliphatic heterocycles. The van der Waals surface area contributed by atoms with Gasteiger partial charge in [-0.2, -0.15) is 4.31 Å². The second kappa shape index (κ2) is 10.9. The smallest absolute Gasteiger partial charge is 0.304 e. The van der Waals surface area contributed by atoms with E-state index in [-0.39, 0.29) is 17.9 Å². The van der Waals surface area contributed by atoms with Crippen LogP contribution in [0.4, 0.5) is 0 Å². The van der Waals surface area contributed by atoms with E-state index in [0.717, 1.165) is 11.1 Å². The highest BCUT2D eigenvalue weighted by Crippen LogP contribution is 2.33. The molecule has 0 aliphatic rings. The maximum atomic E-state index is 12.9. The first-order valence-electron chi connectivity index (χ1n) is 10.6. The molecule has 0 fully saturated rings. The molecule has 0 radical (unpaired) electrons. The van der Waals surface area contributed by atoms with Gasteiger partial charge < -0.3 is 5.11 Å². The topological polar surface area (TPSA) is 118 Å². The summed E-state index contributed by atoms with van der Waals surface area (Å²) in [5.41, 5.74) is 3.50. The lowest BCUT2D eigenvalue weighted by molar-refractivity contribution is -0.137. The highest BCUT2D eigenvalue weighted by atomic mass is 35.5.